The molecule has 0 unspecified atom stereocenters. The molecule has 8 nitrogen and oxygen atoms in total. The highest BCUT2D eigenvalue weighted by Crippen LogP contribution is 2.36. The molecule has 4 aromatic rings. The molecular weight excluding hydrogens is 408 g/mol. The lowest BCUT2D eigenvalue weighted by Gasteiger charge is -2.11. The Morgan fingerprint density at radius 1 is 0.531 bits per heavy atom. The normalized spacial score (nSPS) is 10.4. The van der Waals surface area contributed by atoms with E-state index in [1.165, 1.54) is 12.1 Å². The van der Waals surface area contributed by atoms with Gasteiger partial charge in [0.1, 0.15) is 11.4 Å². The van der Waals surface area contributed by atoms with Gasteiger partial charge in [0.15, 0.2) is 0 Å². The van der Waals surface area contributed by atoms with Crippen molar-refractivity contribution < 1.29 is 9.85 Å². The Kier molecular flexibility index (Phi) is 5.76. The molecule has 0 amide bonds. The summed E-state index contributed by atoms with van der Waals surface area (Å²) in [4.78, 5) is 22.4. The zero-order valence-electron chi connectivity index (χ0n) is 16.8. The molecule has 0 aromatic heterocycles. The van der Waals surface area contributed by atoms with Crippen LogP contribution in [-0.4, -0.2) is 9.85 Å². The summed E-state index contributed by atoms with van der Waals surface area (Å²) in [5.41, 5.74) is 2.87. The van der Waals surface area contributed by atoms with E-state index in [-0.39, 0.29) is 11.4 Å². The Morgan fingerprint density at radius 2 is 0.906 bits per heavy atom. The van der Waals surface area contributed by atoms with E-state index in [1.807, 2.05) is 36.4 Å². The summed E-state index contributed by atoms with van der Waals surface area (Å²) in [6.45, 7) is 0. The number of nitro groups is 2. The summed E-state index contributed by atoms with van der Waals surface area (Å²) in [7, 11) is 0. The van der Waals surface area contributed by atoms with Crippen molar-refractivity contribution in [2.24, 2.45) is 0 Å². The van der Waals surface area contributed by atoms with Crippen LogP contribution in [0.3, 0.4) is 0 Å². The van der Waals surface area contributed by atoms with Crippen molar-refractivity contribution in [3.8, 4) is 11.1 Å². The summed E-state index contributed by atoms with van der Waals surface area (Å²) in [5, 5.41) is 29.4. The van der Waals surface area contributed by atoms with Crippen molar-refractivity contribution in [2.45, 2.75) is 0 Å². The maximum absolute atomic E-state index is 11.7. The van der Waals surface area contributed by atoms with Crippen molar-refractivity contribution in [2.75, 3.05) is 10.6 Å². The lowest BCUT2D eigenvalue weighted by molar-refractivity contribution is -0.384. The summed E-state index contributed by atoms with van der Waals surface area (Å²) < 4.78 is 0. The molecule has 0 aliphatic rings. The van der Waals surface area contributed by atoms with Gasteiger partial charge in [0.2, 0.25) is 0 Å². The Bertz CT molecular complexity index is 1180. The third kappa shape index (κ3) is 4.54. The summed E-state index contributed by atoms with van der Waals surface area (Å²) in [5.74, 6) is 0. The van der Waals surface area contributed by atoms with E-state index in [4.69, 9.17) is 0 Å². The van der Waals surface area contributed by atoms with Crippen molar-refractivity contribution in [3.63, 3.8) is 0 Å². The van der Waals surface area contributed by atoms with Gasteiger partial charge in [-0.25, -0.2) is 0 Å². The summed E-state index contributed by atoms with van der Waals surface area (Å²) in [6, 6.07) is 27.6. The smallest absolute Gasteiger partial charge is 0.293 e. The number of hydrogen-bond acceptors (Lipinski definition) is 6. The molecule has 0 radical (unpaired) electrons. The number of para-hydroxylation sites is 2. The molecule has 0 saturated carbocycles. The summed E-state index contributed by atoms with van der Waals surface area (Å²) >= 11 is 0. The number of rotatable bonds is 7. The largest absolute Gasteiger partial charge is 0.350 e. The standard InChI is InChI=1S/C24H18N4O4/c29-27(30)23-15-17(11-13-21(23)25-19-7-3-1-4-8-19)18-12-14-22(24(16-18)28(31)32)26-20-9-5-2-6-10-20/h1-16,25-26H. The maximum atomic E-state index is 11.7. The number of nitrogens with one attached hydrogen (secondary N) is 2. The Labute approximate surface area is 183 Å². The molecule has 0 fully saturated rings. The topological polar surface area (TPSA) is 110 Å². The van der Waals surface area contributed by atoms with E-state index in [0.717, 1.165) is 11.4 Å². The fourth-order valence-electron chi connectivity index (χ4n) is 3.29. The van der Waals surface area contributed by atoms with E-state index >= 15 is 0 Å². The van der Waals surface area contributed by atoms with Crippen molar-refractivity contribution >= 4 is 34.1 Å². The minimum absolute atomic E-state index is 0.125. The van der Waals surface area contributed by atoms with Gasteiger partial charge in [-0.15, -0.1) is 0 Å². The highest BCUT2D eigenvalue weighted by molar-refractivity contribution is 5.80. The summed E-state index contributed by atoms with van der Waals surface area (Å²) in [6.07, 6.45) is 0. The van der Waals surface area contributed by atoms with Gasteiger partial charge in [-0.2, -0.15) is 0 Å². The van der Waals surface area contributed by atoms with Crippen LogP contribution in [-0.2, 0) is 0 Å². The van der Waals surface area contributed by atoms with Gasteiger partial charge in [0.05, 0.1) is 9.85 Å². The monoisotopic (exact) mass is 426 g/mol. The van der Waals surface area contributed by atoms with Crippen LogP contribution >= 0.6 is 0 Å². The molecule has 0 spiro atoms. The minimum atomic E-state index is -0.478. The van der Waals surface area contributed by atoms with Crippen LogP contribution in [0.25, 0.3) is 11.1 Å². The van der Waals surface area contributed by atoms with E-state index in [1.54, 1.807) is 48.5 Å². The third-order valence-electron chi connectivity index (χ3n) is 4.83. The highest BCUT2D eigenvalue weighted by atomic mass is 16.6. The number of anilines is 4. The van der Waals surface area contributed by atoms with E-state index in [9.17, 15) is 20.2 Å². The van der Waals surface area contributed by atoms with Gasteiger partial charge in [-0.3, -0.25) is 20.2 Å². The van der Waals surface area contributed by atoms with Crippen LogP contribution < -0.4 is 10.6 Å². The van der Waals surface area contributed by atoms with Crippen LogP contribution in [0.15, 0.2) is 97.1 Å². The molecule has 2 N–H and O–H groups in total. The number of benzene rings is 4. The number of nitro benzene ring substituents is 2. The van der Waals surface area contributed by atoms with Gasteiger partial charge >= 0.3 is 0 Å². The second kappa shape index (κ2) is 8.97. The van der Waals surface area contributed by atoms with Crippen LogP contribution in [0.5, 0.6) is 0 Å². The quantitative estimate of drug-likeness (QED) is 0.253. The zero-order valence-corrected chi connectivity index (χ0v) is 16.8. The molecule has 0 aliphatic carbocycles. The molecule has 0 atom stereocenters. The predicted octanol–water partition coefficient (Wildman–Crippen LogP) is 6.66. The average Bonchev–Trinajstić information content (AvgIpc) is 2.81. The first-order valence-electron chi connectivity index (χ1n) is 9.72. The molecular formula is C24H18N4O4. The van der Waals surface area contributed by atoms with Gasteiger partial charge in [-0.1, -0.05) is 48.5 Å². The lowest BCUT2D eigenvalue weighted by Crippen LogP contribution is -1.99. The molecule has 8 heteroatoms. The van der Waals surface area contributed by atoms with Crippen LogP contribution in [0.1, 0.15) is 0 Å². The lowest BCUT2D eigenvalue weighted by atomic mass is 10.0. The molecule has 4 aromatic carbocycles. The van der Waals surface area contributed by atoms with Crippen molar-refractivity contribution in [3.05, 3.63) is 117 Å². The fourth-order valence-corrected chi connectivity index (χ4v) is 3.29. The van der Waals surface area contributed by atoms with Crippen LogP contribution in [0.4, 0.5) is 34.1 Å². The molecule has 158 valence electrons. The van der Waals surface area contributed by atoms with E-state index < -0.39 is 9.85 Å². The first kappa shape index (κ1) is 20.5. The number of hydrogen-bond donors (Lipinski definition) is 2. The van der Waals surface area contributed by atoms with Crippen LogP contribution in [0.2, 0.25) is 0 Å². The first-order chi connectivity index (χ1) is 15.5. The Balaban J connectivity index is 1.69. The molecule has 0 aliphatic heterocycles. The Hall–Kier alpha value is -4.72. The van der Waals surface area contributed by atoms with Gasteiger partial charge in [0, 0.05) is 23.5 Å². The van der Waals surface area contributed by atoms with Gasteiger partial charge in [0.25, 0.3) is 11.4 Å². The van der Waals surface area contributed by atoms with Gasteiger partial charge in [-0.05, 0) is 47.5 Å². The molecule has 0 heterocycles. The van der Waals surface area contributed by atoms with Crippen molar-refractivity contribution in [1.29, 1.82) is 0 Å². The molecule has 0 bridgehead atoms. The Morgan fingerprint density at radius 3 is 1.25 bits per heavy atom. The second-order valence-electron chi connectivity index (χ2n) is 6.96. The SMILES string of the molecule is O=[N+]([O-])c1cc(-c2ccc(Nc3ccccc3)c([N+](=O)[O-])c2)ccc1Nc1ccccc1. The fraction of sp³-hybridized carbons (Fsp3) is 0. The molecule has 32 heavy (non-hydrogen) atoms. The van der Waals surface area contributed by atoms with Crippen LogP contribution in [0, 0.1) is 20.2 Å². The van der Waals surface area contributed by atoms with Gasteiger partial charge < -0.3 is 10.6 Å². The zero-order chi connectivity index (χ0) is 22.5. The predicted molar refractivity (Wildman–Crippen MR) is 125 cm³/mol. The minimum Gasteiger partial charge on any atom is -0.350 e. The van der Waals surface area contributed by atoms with E-state index in [0.29, 0.717) is 22.5 Å². The molecule has 4 rings (SSSR count). The van der Waals surface area contributed by atoms with Crippen molar-refractivity contribution in [1.82, 2.24) is 0 Å². The van der Waals surface area contributed by atoms with E-state index in [2.05, 4.69) is 10.6 Å². The average molecular weight is 426 g/mol. The number of nitrogens with zero attached hydrogens (tertiary/aromatic N) is 2. The molecule has 0 saturated heterocycles. The first-order valence-corrected chi connectivity index (χ1v) is 9.72. The second-order valence-corrected chi connectivity index (χ2v) is 6.96. The maximum Gasteiger partial charge on any atom is 0.293 e. The third-order valence-corrected chi connectivity index (χ3v) is 4.83. The highest BCUT2D eigenvalue weighted by Gasteiger charge is 2.19.